The first kappa shape index (κ1) is 19.2. The molecule has 4 aliphatic rings. The summed E-state index contributed by atoms with van der Waals surface area (Å²) in [5, 5.41) is 10.2. The van der Waals surface area contributed by atoms with Crippen LogP contribution in [-0.4, -0.2) is 36.6 Å². The van der Waals surface area contributed by atoms with E-state index in [1.165, 1.54) is 22.4 Å². The number of allylic oxidation sites excluding steroid dienone is 1. The number of aromatic carboxylic acids is 1. The number of aryl methyl sites for hydroxylation is 1. The van der Waals surface area contributed by atoms with Crippen molar-refractivity contribution in [2.24, 2.45) is 22.7 Å². The topological polar surface area (TPSA) is 40.5 Å². The normalized spacial score (nSPS) is 28.1. The first-order valence-electron chi connectivity index (χ1n) is 10.3. The summed E-state index contributed by atoms with van der Waals surface area (Å²) in [5.74, 6) is 0.538. The molecule has 1 saturated carbocycles. The van der Waals surface area contributed by atoms with E-state index >= 15 is 0 Å². The van der Waals surface area contributed by atoms with Crippen LogP contribution < -0.4 is 0 Å². The first-order chi connectivity index (χ1) is 12.5. The Morgan fingerprint density at radius 1 is 1.26 bits per heavy atom. The van der Waals surface area contributed by atoms with E-state index in [4.69, 9.17) is 0 Å². The van der Waals surface area contributed by atoms with Crippen LogP contribution in [0.4, 0.5) is 0 Å². The highest BCUT2D eigenvalue weighted by molar-refractivity contribution is 7.13. The molecule has 1 N–H and O–H groups in total. The number of hydrogen-bond donors (Lipinski definition) is 1. The van der Waals surface area contributed by atoms with Crippen LogP contribution in [0, 0.1) is 22.7 Å². The molecule has 5 rings (SSSR count). The summed E-state index contributed by atoms with van der Waals surface area (Å²) in [6.07, 6.45) is 5.43. The Balaban J connectivity index is 1.89. The highest BCUT2D eigenvalue weighted by Crippen LogP contribution is 2.64. The number of rotatable bonds is 4. The molecule has 2 unspecified atom stereocenters. The number of nitrogens with zero attached hydrogens (tertiary/aromatic N) is 1. The lowest BCUT2D eigenvalue weighted by atomic mass is 9.47. The number of carbonyl (C=O) groups is 1. The molecule has 4 heteroatoms. The van der Waals surface area contributed by atoms with E-state index < -0.39 is 5.97 Å². The monoisotopic (exact) mass is 387 g/mol. The van der Waals surface area contributed by atoms with Crippen molar-refractivity contribution in [1.29, 1.82) is 0 Å². The maximum atomic E-state index is 12.4. The number of likely N-dealkylation sites (N-methyl/N-ethyl adjacent to an activating group) is 1. The molecule has 3 nitrogen and oxygen atoms in total. The summed E-state index contributed by atoms with van der Waals surface area (Å²) in [6.45, 7) is 10.3. The fraction of sp³-hybridized carbons (Fsp3) is 0.696. The highest BCUT2D eigenvalue weighted by atomic mass is 32.1. The van der Waals surface area contributed by atoms with Crippen LogP contribution in [0.1, 0.15) is 72.6 Å². The van der Waals surface area contributed by atoms with Crippen molar-refractivity contribution < 1.29 is 9.90 Å². The fourth-order valence-corrected chi connectivity index (χ4v) is 7.15. The second-order valence-corrected chi connectivity index (χ2v) is 11.7. The van der Waals surface area contributed by atoms with Gasteiger partial charge in [0.15, 0.2) is 0 Å². The average Bonchev–Trinajstić information content (AvgIpc) is 2.91. The molecule has 4 aliphatic carbocycles. The van der Waals surface area contributed by atoms with Gasteiger partial charge < -0.3 is 10.0 Å². The van der Waals surface area contributed by atoms with Crippen LogP contribution >= 0.6 is 11.3 Å². The fourth-order valence-electron chi connectivity index (χ4n) is 5.69. The van der Waals surface area contributed by atoms with E-state index in [9.17, 15) is 9.90 Å². The second-order valence-electron chi connectivity index (χ2n) is 10.6. The van der Waals surface area contributed by atoms with Gasteiger partial charge in [-0.15, -0.1) is 11.3 Å². The molecule has 2 bridgehead atoms. The van der Waals surface area contributed by atoms with E-state index in [0.29, 0.717) is 16.9 Å². The third-order valence-electron chi connectivity index (χ3n) is 7.43. The van der Waals surface area contributed by atoms with E-state index in [-0.39, 0.29) is 5.41 Å². The molecule has 0 saturated heterocycles. The van der Waals surface area contributed by atoms with Gasteiger partial charge in [0.2, 0.25) is 0 Å². The molecule has 1 aromatic heterocycles. The lowest BCUT2D eigenvalue weighted by Crippen LogP contribution is -2.49. The Labute approximate surface area is 167 Å². The number of fused-ring (bicyclic) bond motifs is 2. The first-order valence-corrected chi connectivity index (χ1v) is 11.1. The van der Waals surface area contributed by atoms with Crippen LogP contribution in [0.2, 0.25) is 0 Å². The van der Waals surface area contributed by atoms with Crippen molar-refractivity contribution in [1.82, 2.24) is 4.90 Å². The van der Waals surface area contributed by atoms with Crippen molar-refractivity contribution in [3.8, 4) is 0 Å². The Morgan fingerprint density at radius 2 is 1.96 bits per heavy atom. The molecule has 0 aromatic carbocycles. The number of carboxylic acid groups (broad SMARTS) is 1. The van der Waals surface area contributed by atoms with Crippen LogP contribution in [-0.2, 0) is 12.8 Å². The van der Waals surface area contributed by atoms with Gasteiger partial charge in [0.05, 0.1) is 5.56 Å². The Bertz CT molecular complexity index is 828. The number of hydrogen-bond acceptors (Lipinski definition) is 3. The molecule has 0 radical (unpaired) electrons. The maximum Gasteiger partial charge on any atom is 0.337 e. The predicted molar refractivity (Wildman–Crippen MR) is 113 cm³/mol. The minimum absolute atomic E-state index is 0.198. The van der Waals surface area contributed by atoms with Gasteiger partial charge in [-0.3, -0.25) is 0 Å². The van der Waals surface area contributed by atoms with E-state index in [0.717, 1.165) is 48.6 Å². The SMILES string of the molecule is CN(C)CC1=C(c2sc3c(c2C(=O)O)CC(C)(C)CC3)C2CC(C1)C2(C)C. The summed E-state index contributed by atoms with van der Waals surface area (Å²) in [6, 6.07) is 0. The van der Waals surface area contributed by atoms with E-state index in [1.54, 1.807) is 11.3 Å². The van der Waals surface area contributed by atoms with Gasteiger partial charge in [-0.2, -0.15) is 0 Å². The quantitative estimate of drug-likeness (QED) is 0.758. The molecular weight excluding hydrogens is 354 g/mol. The molecule has 2 atom stereocenters. The molecule has 1 fully saturated rings. The third kappa shape index (κ3) is 3.00. The number of thiophene rings is 1. The Morgan fingerprint density at radius 3 is 2.56 bits per heavy atom. The zero-order valence-corrected chi connectivity index (χ0v) is 18.4. The molecule has 0 spiro atoms. The summed E-state index contributed by atoms with van der Waals surface area (Å²) < 4.78 is 0. The molecule has 0 amide bonds. The van der Waals surface area contributed by atoms with Crippen LogP contribution in [0.3, 0.4) is 0 Å². The van der Waals surface area contributed by atoms with Crippen molar-refractivity contribution in [3.63, 3.8) is 0 Å². The van der Waals surface area contributed by atoms with Gasteiger partial charge in [0.1, 0.15) is 0 Å². The minimum atomic E-state index is -0.726. The van der Waals surface area contributed by atoms with Gasteiger partial charge in [-0.1, -0.05) is 33.3 Å². The van der Waals surface area contributed by atoms with E-state index in [1.807, 2.05) is 0 Å². The van der Waals surface area contributed by atoms with Crippen molar-refractivity contribution in [2.75, 3.05) is 20.6 Å². The largest absolute Gasteiger partial charge is 0.478 e. The maximum absolute atomic E-state index is 12.4. The van der Waals surface area contributed by atoms with Crippen LogP contribution in [0.25, 0.3) is 5.57 Å². The lowest BCUT2D eigenvalue weighted by molar-refractivity contribution is 0.00626. The molecule has 27 heavy (non-hydrogen) atoms. The van der Waals surface area contributed by atoms with Crippen LogP contribution in [0.15, 0.2) is 5.57 Å². The zero-order valence-electron chi connectivity index (χ0n) is 17.6. The van der Waals surface area contributed by atoms with Gasteiger partial charge in [-0.05, 0) is 80.0 Å². The molecule has 0 aliphatic heterocycles. The third-order valence-corrected chi connectivity index (χ3v) is 8.76. The minimum Gasteiger partial charge on any atom is -0.478 e. The molecule has 1 heterocycles. The standard InChI is InChI=1S/C23H33NO2S/c1-22(2)8-7-17-15(11-22)19(21(25)26)20(27-17)18-13(12-24(5)6)9-14-10-16(18)23(14,3)4/h14,16H,7-12H2,1-6H3,(H,25,26). The predicted octanol–water partition coefficient (Wildman–Crippen LogP) is 5.34. The van der Waals surface area contributed by atoms with Crippen molar-refractivity contribution >= 4 is 22.9 Å². The molecular formula is C23H33NO2S. The smallest absolute Gasteiger partial charge is 0.337 e. The second kappa shape index (κ2) is 6.18. The summed E-state index contributed by atoms with van der Waals surface area (Å²) in [7, 11) is 4.24. The Hall–Kier alpha value is -1.13. The number of carboxylic acids is 1. The molecule has 148 valence electrons. The zero-order chi connectivity index (χ0) is 19.7. The lowest BCUT2D eigenvalue weighted by Gasteiger charge is -2.58. The summed E-state index contributed by atoms with van der Waals surface area (Å²) in [4.78, 5) is 17.1. The highest BCUT2D eigenvalue weighted by Gasteiger charge is 2.54. The van der Waals surface area contributed by atoms with Gasteiger partial charge in [0.25, 0.3) is 0 Å². The van der Waals surface area contributed by atoms with E-state index in [2.05, 4.69) is 46.7 Å². The van der Waals surface area contributed by atoms with Gasteiger partial charge in [0, 0.05) is 16.3 Å². The summed E-state index contributed by atoms with van der Waals surface area (Å²) >= 11 is 1.80. The molecule has 1 aromatic rings. The van der Waals surface area contributed by atoms with Crippen molar-refractivity contribution in [3.05, 3.63) is 26.5 Å². The average molecular weight is 388 g/mol. The Kier molecular flexibility index (Phi) is 4.40. The van der Waals surface area contributed by atoms with Gasteiger partial charge >= 0.3 is 5.97 Å². The van der Waals surface area contributed by atoms with Gasteiger partial charge in [-0.25, -0.2) is 4.79 Å². The van der Waals surface area contributed by atoms with Crippen LogP contribution in [0.5, 0.6) is 0 Å². The van der Waals surface area contributed by atoms with Crippen molar-refractivity contribution in [2.45, 2.75) is 59.8 Å². The summed E-state index contributed by atoms with van der Waals surface area (Å²) in [5.41, 5.74) is 5.14.